The molecule has 0 N–H and O–H groups in total. The van der Waals surface area contributed by atoms with E-state index in [2.05, 4.69) is 99.8 Å². The van der Waals surface area contributed by atoms with Gasteiger partial charge in [0.1, 0.15) is 0 Å². The Morgan fingerprint density at radius 2 is 0.893 bits per heavy atom. The second-order valence-corrected chi connectivity index (χ2v) is 8.31. The third-order valence-corrected chi connectivity index (χ3v) is 5.60. The summed E-state index contributed by atoms with van der Waals surface area (Å²) in [7, 11) is 8.42. The second kappa shape index (κ2) is 8.52. The van der Waals surface area contributed by atoms with Gasteiger partial charge in [0.2, 0.25) is 0 Å². The van der Waals surface area contributed by atoms with Gasteiger partial charge in [0.05, 0.1) is 6.67 Å². The molecule has 1 aliphatic heterocycles. The zero-order chi connectivity index (χ0) is 19.9. The molecule has 0 radical (unpaired) electrons. The van der Waals surface area contributed by atoms with E-state index >= 15 is 0 Å². The van der Waals surface area contributed by atoms with Crippen molar-refractivity contribution in [3.8, 4) is 0 Å². The molecule has 0 saturated carbocycles. The maximum atomic E-state index is 2.53. The van der Waals surface area contributed by atoms with Gasteiger partial charge in [-0.1, -0.05) is 0 Å². The molecule has 2 aromatic rings. The van der Waals surface area contributed by atoms with Crippen molar-refractivity contribution in [1.82, 2.24) is 0 Å². The van der Waals surface area contributed by atoms with Gasteiger partial charge in [-0.05, 0) is 74.2 Å². The SMILES string of the molecule is Cc1cc(N(C)C)cc(C)c1N1CCN(c2c(C)cc(N(C)C)cc2C)C1.Cl. The van der Waals surface area contributed by atoms with Gasteiger partial charge in [0, 0.05) is 64.0 Å². The zero-order valence-electron chi connectivity index (χ0n) is 18.6. The van der Waals surface area contributed by atoms with Crippen molar-refractivity contribution in [1.29, 1.82) is 0 Å². The molecular formula is C23H35ClN4. The van der Waals surface area contributed by atoms with Crippen LogP contribution in [0.4, 0.5) is 22.7 Å². The molecular weight excluding hydrogens is 368 g/mol. The number of aryl methyl sites for hydroxylation is 4. The van der Waals surface area contributed by atoms with E-state index in [1.807, 2.05) is 0 Å². The topological polar surface area (TPSA) is 13.0 Å². The van der Waals surface area contributed by atoms with Crippen LogP contribution in [0.15, 0.2) is 24.3 Å². The minimum atomic E-state index is 0. The van der Waals surface area contributed by atoms with E-state index in [9.17, 15) is 0 Å². The molecule has 154 valence electrons. The van der Waals surface area contributed by atoms with Gasteiger partial charge in [0.15, 0.2) is 0 Å². The van der Waals surface area contributed by atoms with E-state index in [1.54, 1.807) is 0 Å². The molecule has 0 spiro atoms. The first-order chi connectivity index (χ1) is 12.7. The molecule has 5 heteroatoms. The van der Waals surface area contributed by atoms with Crippen molar-refractivity contribution in [3.63, 3.8) is 0 Å². The number of rotatable bonds is 4. The van der Waals surface area contributed by atoms with Gasteiger partial charge in [-0.3, -0.25) is 0 Å². The summed E-state index contributed by atoms with van der Waals surface area (Å²) in [6.07, 6.45) is 0. The maximum Gasteiger partial charge on any atom is 0.0904 e. The lowest BCUT2D eigenvalue weighted by atomic mass is 10.1. The van der Waals surface area contributed by atoms with Gasteiger partial charge in [-0.15, -0.1) is 12.4 Å². The van der Waals surface area contributed by atoms with Crippen LogP contribution in [0, 0.1) is 27.7 Å². The minimum absolute atomic E-state index is 0. The van der Waals surface area contributed by atoms with Crippen molar-refractivity contribution < 1.29 is 0 Å². The van der Waals surface area contributed by atoms with E-state index in [0.29, 0.717) is 0 Å². The molecule has 1 aliphatic rings. The lowest BCUT2D eigenvalue weighted by Crippen LogP contribution is -2.27. The first-order valence-electron chi connectivity index (χ1n) is 9.76. The average molecular weight is 403 g/mol. The molecule has 0 atom stereocenters. The predicted octanol–water partition coefficient (Wildman–Crippen LogP) is 4.76. The summed E-state index contributed by atoms with van der Waals surface area (Å²) in [6, 6.07) is 9.20. The van der Waals surface area contributed by atoms with Gasteiger partial charge >= 0.3 is 0 Å². The highest BCUT2D eigenvalue weighted by Crippen LogP contribution is 2.35. The van der Waals surface area contributed by atoms with Crippen LogP contribution < -0.4 is 19.6 Å². The Hall–Kier alpha value is -2.07. The molecule has 4 nitrogen and oxygen atoms in total. The van der Waals surface area contributed by atoms with E-state index < -0.39 is 0 Å². The second-order valence-electron chi connectivity index (χ2n) is 8.31. The van der Waals surface area contributed by atoms with Gasteiger partial charge < -0.3 is 19.6 Å². The molecule has 0 bridgehead atoms. The molecule has 28 heavy (non-hydrogen) atoms. The molecule has 3 rings (SSSR count). The van der Waals surface area contributed by atoms with Crippen LogP contribution in [0.1, 0.15) is 22.3 Å². The number of anilines is 4. The molecule has 1 fully saturated rings. The first-order valence-corrected chi connectivity index (χ1v) is 9.76. The number of hydrogen-bond donors (Lipinski definition) is 0. The summed E-state index contributed by atoms with van der Waals surface area (Å²) in [5, 5.41) is 0. The van der Waals surface area contributed by atoms with Gasteiger partial charge in [-0.2, -0.15) is 0 Å². The number of benzene rings is 2. The smallest absolute Gasteiger partial charge is 0.0904 e. The monoisotopic (exact) mass is 402 g/mol. The van der Waals surface area contributed by atoms with Crippen LogP contribution in [-0.2, 0) is 0 Å². The van der Waals surface area contributed by atoms with Crippen LogP contribution in [0.5, 0.6) is 0 Å². The van der Waals surface area contributed by atoms with Crippen LogP contribution in [0.25, 0.3) is 0 Å². The third kappa shape index (κ3) is 4.17. The summed E-state index contributed by atoms with van der Waals surface area (Å²) < 4.78 is 0. The van der Waals surface area contributed by atoms with Crippen LogP contribution >= 0.6 is 12.4 Å². The van der Waals surface area contributed by atoms with Crippen molar-refractivity contribution in [3.05, 3.63) is 46.5 Å². The minimum Gasteiger partial charge on any atom is -0.378 e. The number of nitrogens with zero attached hydrogens (tertiary/aromatic N) is 4. The molecule has 0 unspecified atom stereocenters. The summed E-state index contributed by atoms with van der Waals surface area (Å²) in [5.74, 6) is 0. The molecule has 0 aliphatic carbocycles. The average Bonchev–Trinajstić information content (AvgIpc) is 3.02. The zero-order valence-corrected chi connectivity index (χ0v) is 19.4. The highest BCUT2D eigenvalue weighted by Gasteiger charge is 2.25. The van der Waals surface area contributed by atoms with Gasteiger partial charge in [-0.25, -0.2) is 0 Å². The predicted molar refractivity (Wildman–Crippen MR) is 127 cm³/mol. The maximum absolute atomic E-state index is 2.53. The Balaban J connectivity index is 0.00000280. The third-order valence-electron chi connectivity index (χ3n) is 5.60. The van der Waals surface area contributed by atoms with Crippen molar-refractivity contribution in [2.45, 2.75) is 27.7 Å². The molecule has 1 heterocycles. The van der Waals surface area contributed by atoms with Crippen molar-refractivity contribution >= 4 is 35.2 Å². The van der Waals surface area contributed by atoms with Crippen LogP contribution in [-0.4, -0.2) is 47.9 Å². The summed E-state index contributed by atoms with van der Waals surface area (Å²) in [5.41, 5.74) is 10.8. The Bertz CT molecular complexity index is 729. The lowest BCUT2D eigenvalue weighted by Gasteiger charge is -2.28. The highest BCUT2D eigenvalue weighted by molar-refractivity contribution is 5.85. The highest BCUT2D eigenvalue weighted by atomic mass is 35.5. The van der Waals surface area contributed by atoms with Crippen LogP contribution in [0.3, 0.4) is 0 Å². The van der Waals surface area contributed by atoms with E-state index in [4.69, 9.17) is 0 Å². The normalized spacial score (nSPS) is 13.6. The van der Waals surface area contributed by atoms with E-state index in [0.717, 1.165) is 19.8 Å². The summed E-state index contributed by atoms with van der Waals surface area (Å²) in [6.45, 7) is 12.0. The van der Waals surface area contributed by atoms with Gasteiger partial charge in [0.25, 0.3) is 0 Å². The number of hydrogen-bond acceptors (Lipinski definition) is 4. The first kappa shape index (κ1) is 22.2. The molecule has 2 aromatic carbocycles. The number of halogens is 1. The van der Waals surface area contributed by atoms with Crippen LogP contribution in [0.2, 0.25) is 0 Å². The Morgan fingerprint density at radius 1 is 0.607 bits per heavy atom. The van der Waals surface area contributed by atoms with Crippen molar-refractivity contribution in [2.75, 3.05) is 67.5 Å². The molecule has 0 amide bonds. The Morgan fingerprint density at radius 3 is 1.14 bits per heavy atom. The standard InChI is InChI=1S/C23H34N4.ClH/c1-16-11-20(24(5)6)12-17(2)22(16)26-9-10-27(15-26)23-18(3)13-21(25(7)8)14-19(23)4;/h11-14H,9-10,15H2,1-8H3;1H. The summed E-state index contributed by atoms with van der Waals surface area (Å²) in [4.78, 5) is 9.42. The lowest BCUT2D eigenvalue weighted by molar-refractivity contribution is 0.930. The van der Waals surface area contributed by atoms with E-state index in [-0.39, 0.29) is 12.4 Å². The quantitative estimate of drug-likeness (QED) is 0.730. The fraction of sp³-hybridized carbons (Fsp3) is 0.478. The largest absolute Gasteiger partial charge is 0.378 e. The Labute approximate surface area is 177 Å². The Kier molecular flexibility index (Phi) is 6.76. The molecule has 0 aromatic heterocycles. The summed E-state index contributed by atoms with van der Waals surface area (Å²) >= 11 is 0. The van der Waals surface area contributed by atoms with E-state index in [1.165, 1.54) is 45.0 Å². The fourth-order valence-corrected chi connectivity index (χ4v) is 4.33. The fourth-order valence-electron chi connectivity index (χ4n) is 4.33. The molecule has 1 saturated heterocycles. The van der Waals surface area contributed by atoms with Crippen molar-refractivity contribution in [2.24, 2.45) is 0 Å².